The van der Waals surface area contributed by atoms with Crippen molar-refractivity contribution in [3.63, 3.8) is 0 Å². The van der Waals surface area contributed by atoms with Gasteiger partial charge in [0.15, 0.2) is 0 Å². The number of amides is 1. The van der Waals surface area contributed by atoms with Crippen LogP contribution in [0.2, 0.25) is 0 Å². The Hall–Kier alpha value is -1.39. The van der Waals surface area contributed by atoms with Crippen molar-refractivity contribution in [1.29, 1.82) is 0 Å². The molecule has 22 heavy (non-hydrogen) atoms. The van der Waals surface area contributed by atoms with Crippen LogP contribution in [0, 0.1) is 0 Å². The highest BCUT2D eigenvalue weighted by Crippen LogP contribution is 2.31. The van der Waals surface area contributed by atoms with E-state index in [4.69, 9.17) is 0 Å². The zero-order chi connectivity index (χ0) is 16.0. The molecule has 1 fully saturated rings. The van der Waals surface area contributed by atoms with E-state index in [9.17, 15) is 9.90 Å². The molecule has 0 atom stereocenters. The van der Waals surface area contributed by atoms with Gasteiger partial charge in [0, 0.05) is 12.2 Å². The molecule has 122 valence electrons. The first-order valence-corrected chi connectivity index (χ1v) is 8.23. The molecular formula is C18H28N2O2. The number of benzene rings is 1. The van der Waals surface area contributed by atoms with E-state index in [0.717, 1.165) is 44.3 Å². The lowest BCUT2D eigenvalue weighted by Crippen LogP contribution is -2.35. The fraction of sp³-hybridized carbons (Fsp3) is 0.611. The summed E-state index contributed by atoms with van der Waals surface area (Å²) in [4.78, 5) is 14.3. The lowest BCUT2D eigenvalue weighted by molar-refractivity contribution is -0.122. The number of anilines is 1. The van der Waals surface area contributed by atoms with Crippen molar-refractivity contribution in [2.24, 2.45) is 0 Å². The van der Waals surface area contributed by atoms with Crippen molar-refractivity contribution in [1.82, 2.24) is 4.90 Å². The SMILES string of the molecule is CN(C)CCc1ccc(NC(=O)CC2(O)CCCCC2)cc1. The number of hydrogen-bond acceptors (Lipinski definition) is 3. The Morgan fingerprint density at radius 2 is 1.82 bits per heavy atom. The first-order chi connectivity index (χ1) is 10.5. The number of hydrogen-bond donors (Lipinski definition) is 2. The normalized spacial score (nSPS) is 17.5. The summed E-state index contributed by atoms with van der Waals surface area (Å²) in [6.45, 7) is 1.01. The molecule has 0 spiro atoms. The van der Waals surface area contributed by atoms with Crippen LogP contribution in [0.25, 0.3) is 0 Å². The Bertz CT molecular complexity index is 476. The van der Waals surface area contributed by atoms with E-state index in [1.807, 2.05) is 12.1 Å². The number of likely N-dealkylation sites (N-methyl/N-ethyl adjacent to an activating group) is 1. The molecule has 0 bridgehead atoms. The quantitative estimate of drug-likeness (QED) is 0.849. The van der Waals surface area contributed by atoms with Gasteiger partial charge in [-0.25, -0.2) is 0 Å². The minimum Gasteiger partial charge on any atom is -0.389 e. The Balaban J connectivity index is 1.83. The second kappa shape index (κ2) is 7.75. The number of nitrogens with zero attached hydrogens (tertiary/aromatic N) is 1. The summed E-state index contributed by atoms with van der Waals surface area (Å²) in [5.74, 6) is -0.0922. The first kappa shape index (κ1) is 17.0. The largest absolute Gasteiger partial charge is 0.389 e. The summed E-state index contributed by atoms with van der Waals surface area (Å²) < 4.78 is 0. The Labute approximate surface area is 133 Å². The van der Waals surface area contributed by atoms with Gasteiger partial charge in [0.05, 0.1) is 12.0 Å². The molecule has 1 amide bonds. The van der Waals surface area contributed by atoms with Crippen molar-refractivity contribution >= 4 is 11.6 Å². The van der Waals surface area contributed by atoms with Crippen LogP contribution in [0.4, 0.5) is 5.69 Å². The van der Waals surface area contributed by atoms with Gasteiger partial charge in [0.25, 0.3) is 0 Å². The molecule has 0 radical (unpaired) electrons. The molecule has 4 nitrogen and oxygen atoms in total. The maximum atomic E-state index is 12.1. The van der Waals surface area contributed by atoms with Gasteiger partial charge in [-0.3, -0.25) is 4.79 Å². The third-order valence-electron chi connectivity index (χ3n) is 4.36. The van der Waals surface area contributed by atoms with Crippen LogP contribution in [-0.4, -0.2) is 42.2 Å². The lowest BCUT2D eigenvalue weighted by atomic mass is 9.82. The van der Waals surface area contributed by atoms with Gasteiger partial charge in [-0.05, 0) is 51.1 Å². The van der Waals surface area contributed by atoms with E-state index in [2.05, 4.69) is 36.4 Å². The van der Waals surface area contributed by atoms with Crippen molar-refractivity contribution in [2.75, 3.05) is 26.0 Å². The maximum absolute atomic E-state index is 12.1. The summed E-state index contributed by atoms with van der Waals surface area (Å²) in [6.07, 6.45) is 5.89. The van der Waals surface area contributed by atoms with Gasteiger partial charge in [0.1, 0.15) is 0 Å². The lowest BCUT2D eigenvalue weighted by Gasteiger charge is -2.31. The van der Waals surface area contributed by atoms with Crippen LogP contribution >= 0.6 is 0 Å². The van der Waals surface area contributed by atoms with Crippen molar-refractivity contribution in [2.45, 2.75) is 50.5 Å². The molecule has 1 aromatic carbocycles. The predicted octanol–water partition coefficient (Wildman–Crippen LogP) is 2.81. The molecule has 0 aromatic heterocycles. The van der Waals surface area contributed by atoms with Crippen LogP contribution in [-0.2, 0) is 11.2 Å². The Morgan fingerprint density at radius 3 is 2.41 bits per heavy atom. The van der Waals surface area contributed by atoms with Gasteiger partial charge in [-0.1, -0.05) is 31.4 Å². The number of rotatable bonds is 6. The van der Waals surface area contributed by atoms with E-state index < -0.39 is 5.60 Å². The molecular weight excluding hydrogens is 276 g/mol. The Morgan fingerprint density at radius 1 is 1.18 bits per heavy atom. The third kappa shape index (κ3) is 5.43. The smallest absolute Gasteiger partial charge is 0.227 e. The summed E-state index contributed by atoms with van der Waals surface area (Å²) in [6, 6.07) is 7.98. The zero-order valence-corrected chi connectivity index (χ0v) is 13.8. The fourth-order valence-electron chi connectivity index (χ4n) is 3.00. The minimum absolute atomic E-state index is 0.0922. The molecule has 0 aliphatic heterocycles. The summed E-state index contributed by atoms with van der Waals surface area (Å²) in [5, 5.41) is 13.3. The van der Waals surface area contributed by atoms with Crippen LogP contribution in [0.3, 0.4) is 0 Å². The van der Waals surface area contributed by atoms with Crippen LogP contribution in [0.5, 0.6) is 0 Å². The molecule has 1 saturated carbocycles. The molecule has 1 aromatic rings. The molecule has 0 saturated heterocycles. The van der Waals surface area contributed by atoms with Crippen molar-refractivity contribution in [3.8, 4) is 0 Å². The number of aliphatic hydroxyl groups is 1. The second-order valence-corrected chi connectivity index (χ2v) is 6.76. The third-order valence-corrected chi connectivity index (χ3v) is 4.36. The average Bonchev–Trinajstić information content (AvgIpc) is 2.46. The van der Waals surface area contributed by atoms with Crippen LogP contribution in [0.15, 0.2) is 24.3 Å². The second-order valence-electron chi connectivity index (χ2n) is 6.76. The molecule has 1 aliphatic rings. The van der Waals surface area contributed by atoms with E-state index in [0.29, 0.717) is 0 Å². The van der Waals surface area contributed by atoms with Gasteiger partial charge < -0.3 is 15.3 Å². The van der Waals surface area contributed by atoms with Gasteiger partial charge >= 0.3 is 0 Å². The highest BCUT2D eigenvalue weighted by molar-refractivity contribution is 5.91. The standard InChI is InChI=1S/C18H28N2O2/c1-20(2)13-10-15-6-8-16(9-7-15)19-17(21)14-18(22)11-4-3-5-12-18/h6-9,22H,3-5,10-14H2,1-2H3,(H,19,21). The van der Waals surface area contributed by atoms with Crippen LogP contribution in [0.1, 0.15) is 44.1 Å². The number of nitrogens with one attached hydrogen (secondary N) is 1. The molecule has 2 rings (SSSR count). The highest BCUT2D eigenvalue weighted by Gasteiger charge is 2.31. The average molecular weight is 304 g/mol. The first-order valence-electron chi connectivity index (χ1n) is 8.23. The highest BCUT2D eigenvalue weighted by atomic mass is 16.3. The topological polar surface area (TPSA) is 52.6 Å². The van der Waals surface area contributed by atoms with Gasteiger partial charge in [-0.2, -0.15) is 0 Å². The molecule has 1 aliphatic carbocycles. The molecule has 2 N–H and O–H groups in total. The maximum Gasteiger partial charge on any atom is 0.227 e. The van der Waals surface area contributed by atoms with Crippen molar-refractivity contribution in [3.05, 3.63) is 29.8 Å². The van der Waals surface area contributed by atoms with E-state index in [1.165, 1.54) is 12.0 Å². The van der Waals surface area contributed by atoms with E-state index in [1.54, 1.807) is 0 Å². The molecule has 4 heteroatoms. The van der Waals surface area contributed by atoms with E-state index in [-0.39, 0.29) is 12.3 Å². The van der Waals surface area contributed by atoms with Crippen LogP contribution < -0.4 is 5.32 Å². The van der Waals surface area contributed by atoms with Gasteiger partial charge in [-0.15, -0.1) is 0 Å². The molecule has 0 heterocycles. The predicted molar refractivity (Wildman–Crippen MR) is 90.0 cm³/mol. The number of carbonyl (C=O) groups excluding carboxylic acids is 1. The van der Waals surface area contributed by atoms with E-state index >= 15 is 0 Å². The molecule has 0 unspecified atom stereocenters. The monoisotopic (exact) mass is 304 g/mol. The summed E-state index contributed by atoms with van der Waals surface area (Å²) in [7, 11) is 4.12. The minimum atomic E-state index is -0.798. The summed E-state index contributed by atoms with van der Waals surface area (Å²) >= 11 is 0. The zero-order valence-electron chi connectivity index (χ0n) is 13.8. The van der Waals surface area contributed by atoms with Crippen molar-refractivity contribution < 1.29 is 9.90 Å². The summed E-state index contributed by atoms with van der Waals surface area (Å²) in [5.41, 5.74) is 1.27. The fourth-order valence-corrected chi connectivity index (χ4v) is 3.00. The van der Waals surface area contributed by atoms with Gasteiger partial charge in [0.2, 0.25) is 5.91 Å². The number of carbonyl (C=O) groups is 1. The Kier molecular flexibility index (Phi) is 5.98.